The normalized spacial score (nSPS) is 10.0. The van der Waals surface area contributed by atoms with Crippen molar-refractivity contribution in [2.75, 3.05) is 19.8 Å². The van der Waals surface area contributed by atoms with Crippen LogP contribution in [0.3, 0.4) is 0 Å². The van der Waals surface area contributed by atoms with Gasteiger partial charge in [0.2, 0.25) is 5.91 Å². The predicted octanol–water partition coefficient (Wildman–Crippen LogP) is 1.72. The van der Waals surface area contributed by atoms with E-state index in [9.17, 15) is 4.79 Å². The standard InChI is InChI=1S/C10H21NO2/c1-3-5-7-11-10(12)9-13-8-6-4-2/h3-9H2,1-2H3,(H,11,12). The summed E-state index contributed by atoms with van der Waals surface area (Å²) in [5, 5.41) is 2.80. The van der Waals surface area contributed by atoms with Crippen molar-refractivity contribution in [3.8, 4) is 0 Å². The zero-order valence-corrected chi connectivity index (χ0v) is 8.77. The lowest BCUT2D eigenvalue weighted by Gasteiger charge is -2.04. The van der Waals surface area contributed by atoms with Gasteiger partial charge in [-0.1, -0.05) is 26.7 Å². The third-order valence-electron chi connectivity index (χ3n) is 1.73. The summed E-state index contributed by atoms with van der Waals surface area (Å²) >= 11 is 0. The average molecular weight is 187 g/mol. The minimum atomic E-state index is 0.00422. The molecule has 0 aromatic heterocycles. The van der Waals surface area contributed by atoms with Crippen LogP contribution in [0.5, 0.6) is 0 Å². The van der Waals surface area contributed by atoms with Crippen LogP contribution >= 0.6 is 0 Å². The topological polar surface area (TPSA) is 38.3 Å². The Labute approximate surface area is 80.8 Å². The zero-order valence-electron chi connectivity index (χ0n) is 8.77. The molecule has 0 aliphatic carbocycles. The number of hydrogen-bond acceptors (Lipinski definition) is 2. The monoisotopic (exact) mass is 187 g/mol. The number of rotatable bonds is 8. The number of nitrogens with one attached hydrogen (secondary N) is 1. The maximum absolute atomic E-state index is 11.0. The molecule has 0 rings (SSSR count). The van der Waals surface area contributed by atoms with Crippen LogP contribution in [0.2, 0.25) is 0 Å². The van der Waals surface area contributed by atoms with Crippen molar-refractivity contribution in [2.24, 2.45) is 0 Å². The molecule has 0 aromatic rings. The SMILES string of the molecule is CCCCNC(=O)COCCCC. The van der Waals surface area contributed by atoms with Crippen molar-refractivity contribution in [3.05, 3.63) is 0 Å². The van der Waals surface area contributed by atoms with Gasteiger partial charge in [-0.25, -0.2) is 0 Å². The Morgan fingerprint density at radius 2 is 1.92 bits per heavy atom. The number of amides is 1. The lowest BCUT2D eigenvalue weighted by atomic mass is 10.3. The second-order valence-corrected chi connectivity index (χ2v) is 3.11. The van der Waals surface area contributed by atoms with Gasteiger partial charge in [0.25, 0.3) is 0 Å². The Bertz CT molecular complexity index is 126. The zero-order chi connectivity index (χ0) is 9.94. The van der Waals surface area contributed by atoms with Gasteiger partial charge < -0.3 is 10.1 Å². The van der Waals surface area contributed by atoms with Crippen LogP contribution in [-0.4, -0.2) is 25.7 Å². The molecule has 1 amide bonds. The second-order valence-electron chi connectivity index (χ2n) is 3.11. The van der Waals surface area contributed by atoms with Crippen molar-refractivity contribution in [3.63, 3.8) is 0 Å². The quantitative estimate of drug-likeness (QED) is 0.588. The molecular weight excluding hydrogens is 166 g/mol. The summed E-state index contributed by atoms with van der Waals surface area (Å²) in [7, 11) is 0. The molecular formula is C10H21NO2. The van der Waals surface area contributed by atoms with Crippen molar-refractivity contribution in [2.45, 2.75) is 39.5 Å². The molecule has 0 saturated carbocycles. The third kappa shape index (κ3) is 9.34. The maximum atomic E-state index is 11.0. The van der Waals surface area contributed by atoms with Crippen LogP contribution in [-0.2, 0) is 9.53 Å². The van der Waals surface area contributed by atoms with Crippen LogP contribution in [0.1, 0.15) is 39.5 Å². The number of ether oxygens (including phenoxy) is 1. The highest BCUT2D eigenvalue weighted by atomic mass is 16.5. The van der Waals surface area contributed by atoms with E-state index in [-0.39, 0.29) is 12.5 Å². The van der Waals surface area contributed by atoms with Gasteiger partial charge in [-0.2, -0.15) is 0 Å². The van der Waals surface area contributed by atoms with Gasteiger partial charge in [0.05, 0.1) is 0 Å². The van der Waals surface area contributed by atoms with Crippen LogP contribution in [0.25, 0.3) is 0 Å². The van der Waals surface area contributed by atoms with Crippen molar-refractivity contribution < 1.29 is 9.53 Å². The molecule has 3 nitrogen and oxygen atoms in total. The van der Waals surface area contributed by atoms with Gasteiger partial charge >= 0.3 is 0 Å². The Hall–Kier alpha value is -0.570. The third-order valence-corrected chi connectivity index (χ3v) is 1.73. The molecule has 0 spiro atoms. The predicted molar refractivity (Wildman–Crippen MR) is 53.6 cm³/mol. The lowest BCUT2D eigenvalue weighted by molar-refractivity contribution is -0.125. The van der Waals surface area contributed by atoms with Gasteiger partial charge in [0, 0.05) is 13.2 Å². The van der Waals surface area contributed by atoms with Gasteiger partial charge in [-0.05, 0) is 12.8 Å². The van der Waals surface area contributed by atoms with Crippen molar-refractivity contribution >= 4 is 5.91 Å². The molecule has 0 aliphatic rings. The summed E-state index contributed by atoms with van der Waals surface area (Å²) in [6.45, 7) is 5.88. The van der Waals surface area contributed by atoms with Crippen molar-refractivity contribution in [1.29, 1.82) is 0 Å². The van der Waals surface area contributed by atoms with Crippen LogP contribution in [0.15, 0.2) is 0 Å². The summed E-state index contributed by atoms with van der Waals surface area (Å²) < 4.78 is 5.15. The van der Waals surface area contributed by atoms with E-state index in [1.807, 2.05) is 0 Å². The maximum Gasteiger partial charge on any atom is 0.245 e. The van der Waals surface area contributed by atoms with E-state index >= 15 is 0 Å². The number of unbranched alkanes of at least 4 members (excludes halogenated alkanes) is 2. The Morgan fingerprint density at radius 1 is 1.23 bits per heavy atom. The molecule has 13 heavy (non-hydrogen) atoms. The Balaban J connectivity index is 3.11. The summed E-state index contributed by atoms with van der Waals surface area (Å²) in [5.41, 5.74) is 0. The first-order valence-electron chi connectivity index (χ1n) is 5.15. The summed E-state index contributed by atoms with van der Waals surface area (Å²) in [5.74, 6) is 0.00422. The van der Waals surface area contributed by atoms with Gasteiger partial charge in [0.15, 0.2) is 0 Å². The summed E-state index contributed by atoms with van der Waals surface area (Å²) in [6, 6.07) is 0. The first-order chi connectivity index (χ1) is 6.31. The smallest absolute Gasteiger partial charge is 0.245 e. The van der Waals surface area contributed by atoms with E-state index in [4.69, 9.17) is 4.74 Å². The summed E-state index contributed by atoms with van der Waals surface area (Å²) in [4.78, 5) is 11.0. The first-order valence-corrected chi connectivity index (χ1v) is 5.15. The largest absolute Gasteiger partial charge is 0.372 e. The first kappa shape index (κ1) is 12.4. The van der Waals surface area contributed by atoms with E-state index in [1.165, 1.54) is 0 Å². The highest BCUT2D eigenvalue weighted by molar-refractivity contribution is 5.77. The molecule has 0 radical (unpaired) electrons. The van der Waals surface area contributed by atoms with Gasteiger partial charge in [-0.3, -0.25) is 4.79 Å². The molecule has 0 saturated heterocycles. The Kier molecular flexibility index (Phi) is 9.10. The second kappa shape index (κ2) is 9.52. The molecule has 3 heteroatoms. The van der Waals surface area contributed by atoms with Crippen LogP contribution in [0, 0.1) is 0 Å². The fourth-order valence-electron chi connectivity index (χ4n) is 0.867. The molecule has 0 atom stereocenters. The highest BCUT2D eigenvalue weighted by Crippen LogP contribution is 1.87. The number of hydrogen-bond donors (Lipinski definition) is 1. The van der Waals surface area contributed by atoms with E-state index in [0.717, 1.165) is 32.2 Å². The molecule has 0 aliphatic heterocycles. The van der Waals surface area contributed by atoms with Crippen LogP contribution in [0.4, 0.5) is 0 Å². The van der Waals surface area contributed by atoms with E-state index in [2.05, 4.69) is 19.2 Å². The van der Waals surface area contributed by atoms with Crippen molar-refractivity contribution in [1.82, 2.24) is 5.32 Å². The molecule has 1 N–H and O–H groups in total. The number of carbonyl (C=O) groups excluding carboxylic acids is 1. The lowest BCUT2D eigenvalue weighted by Crippen LogP contribution is -2.28. The average Bonchev–Trinajstić information content (AvgIpc) is 2.13. The molecule has 0 heterocycles. The highest BCUT2D eigenvalue weighted by Gasteiger charge is 1.98. The minimum Gasteiger partial charge on any atom is -0.372 e. The van der Waals surface area contributed by atoms with Gasteiger partial charge in [0.1, 0.15) is 6.61 Å². The Morgan fingerprint density at radius 3 is 2.54 bits per heavy atom. The van der Waals surface area contributed by atoms with E-state index in [1.54, 1.807) is 0 Å². The fourth-order valence-corrected chi connectivity index (χ4v) is 0.867. The molecule has 0 aromatic carbocycles. The van der Waals surface area contributed by atoms with E-state index < -0.39 is 0 Å². The minimum absolute atomic E-state index is 0.00422. The summed E-state index contributed by atoms with van der Waals surface area (Å²) in [6.07, 6.45) is 4.29. The van der Waals surface area contributed by atoms with Crippen LogP contribution < -0.4 is 5.32 Å². The molecule has 0 unspecified atom stereocenters. The molecule has 0 bridgehead atoms. The van der Waals surface area contributed by atoms with E-state index in [0.29, 0.717) is 6.61 Å². The molecule has 0 fully saturated rings. The number of carbonyl (C=O) groups is 1. The molecule has 78 valence electrons. The fraction of sp³-hybridized carbons (Fsp3) is 0.900. The van der Waals surface area contributed by atoms with Gasteiger partial charge in [-0.15, -0.1) is 0 Å².